The Morgan fingerprint density at radius 1 is 1.38 bits per heavy atom. The van der Waals surface area contributed by atoms with Gasteiger partial charge in [-0.1, -0.05) is 12.1 Å². The first-order valence-electron chi connectivity index (χ1n) is 5.14. The molecule has 1 aromatic rings. The summed E-state index contributed by atoms with van der Waals surface area (Å²) in [6.45, 7) is 2.55. The quantitative estimate of drug-likeness (QED) is 0.758. The van der Waals surface area contributed by atoms with Crippen LogP contribution in [0.1, 0.15) is 17.9 Å². The summed E-state index contributed by atoms with van der Waals surface area (Å²) >= 11 is 6.05. The number of carbonyl (C=O) groups is 1. The lowest BCUT2D eigenvalue weighted by Gasteiger charge is -2.15. The van der Waals surface area contributed by atoms with Crippen LogP contribution >= 0.6 is 11.6 Å². The van der Waals surface area contributed by atoms with Crippen LogP contribution in [0.2, 0.25) is 0 Å². The van der Waals surface area contributed by atoms with Crippen LogP contribution in [0.3, 0.4) is 0 Å². The summed E-state index contributed by atoms with van der Waals surface area (Å²) in [6, 6.07) is 7.25. The van der Waals surface area contributed by atoms with Gasteiger partial charge < -0.3 is 9.64 Å². The Bertz CT molecular complexity index is 349. The third-order valence-corrected chi connectivity index (χ3v) is 2.58. The second-order valence-corrected chi connectivity index (χ2v) is 4.03. The average Bonchev–Trinajstić information content (AvgIpc) is 2.28. The SMILES string of the molecule is CCOc1ccc(C(Cl)C(=O)N(C)C)cc1. The molecule has 0 heterocycles. The first-order chi connectivity index (χ1) is 7.56. The van der Waals surface area contributed by atoms with Crippen LogP contribution in [0, 0.1) is 0 Å². The fraction of sp³-hybridized carbons (Fsp3) is 0.417. The molecule has 0 aliphatic heterocycles. The summed E-state index contributed by atoms with van der Waals surface area (Å²) in [5.41, 5.74) is 0.781. The Labute approximate surface area is 101 Å². The molecule has 0 spiro atoms. The van der Waals surface area contributed by atoms with Gasteiger partial charge in [0.25, 0.3) is 0 Å². The molecule has 0 aromatic heterocycles. The zero-order valence-electron chi connectivity index (χ0n) is 9.74. The number of carbonyl (C=O) groups excluding carboxylic acids is 1. The molecule has 0 saturated carbocycles. The third kappa shape index (κ3) is 3.14. The number of halogens is 1. The fourth-order valence-electron chi connectivity index (χ4n) is 1.27. The lowest BCUT2D eigenvalue weighted by Crippen LogP contribution is -2.25. The zero-order chi connectivity index (χ0) is 12.1. The van der Waals surface area contributed by atoms with Crippen molar-refractivity contribution in [2.45, 2.75) is 12.3 Å². The van der Waals surface area contributed by atoms with Crippen molar-refractivity contribution in [2.75, 3.05) is 20.7 Å². The van der Waals surface area contributed by atoms with E-state index in [4.69, 9.17) is 16.3 Å². The van der Waals surface area contributed by atoms with Gasteiger partial charge in [0.2, 0.25) is 5.91 Å². The fourth-order valence-corrected chi connectivity index (χ4v) is 1.61. The summed E-state index contributed by atoms with van der Waals surface area (Å²) < 4.78 is 5.31. The first kappa shape index (κ1) is 12.8. The minimum Gasteiger partial charge on any atom is -0.494 e. The summed E-state index contributed by atoms with van der Waals surface area (Å²) in [6.07, 6.45) is 0. The molecule has 0 N–H and O–H groups in total. The van der Waals surface area contributed by atoms with Crippen LogP contribution in [0.25, 0.3) is 0 Å². The summed E-state index contributed by atoms with van der Waals surface area (Å²) in [4.78, 5) is 13.1. The van der Waals surface area contributed by atoms with Crippen molar-refractivity contribution >= 4 is 17.5 Å². The summed E-state index contributed by atoms with van der Waals surface area (Å²) in [5, 5.41) is -0.634. The minimum atomic E-state index is -0.634. The minimum absolute atomic E-state index is 0.120. The van der Waals surface area contributed by atoms with Gasteiger partial charge in [-0.3, -0.25) is 4.79 Å². The van der Waals surface area contributed by atoms with Gasteiger partial charge >= 0.3 is 0 Å². The first-order valence-corrected chi connectivity index (χ1v) is 5.58. The number of hydrogen-bond acceptors (Lipinski definition) is 2. The monoisotopic (exact) mass is 241 g/mol. The maximum atomic E-state index is 11.6. The highest BCUT2D eigenvalue weighted by molar-refractivity contribution is 6.30. The van der Waals surface area contributed by atoms with E-state index in [1.165, 1.54) is 4.90 Å². The maximum absolute atomic E-state index is 11.6. The molecule has 1 amide bonds. The molecule has 1 aromatic carbocycles. The second-order valence-electron chi connectivity index (χ2n) is 3.60. The molecule has 1 unspecified atom stereocenters. The Kier molecular flexibility index (Phi) is 4.62. The van der Waals surface area contributed by atoms with Crippen molar-refractivity contribution in [1.29, 1.82) is 0 Å². The molecule has 0 fully saturated rings. The predicted octanol–water partition coefficient (Wildman–Crippen LogP) is 2.45. The van der Waals surface area contributed by atoms with E-state index in [2.05, 4.69) is 0 Å². The van der Waals surface area contributed by atoms with Gasteiger partial charge in [-0.2, -0.15) is 0 Å². The number of amides is 1. The molecule has 3 nitrogen and oxygen atoms in total. The Hall–Kier alpha value is -1.22. The molecule has 0 bridgehead atoms. The predicted molar refractivity (Wildman–Crippen MR) is 64.9 cm³/mol. The molecule has 0 radical (unpaired) electrons. The van der Waals surface area contributed by atoms with Gasteiger partial charge in [0.05, 0.1) is 6.61 Å². The molecule has 4 heteroatoms. The number of benzene rings is 1. The van der Waals surface area contributed by atoms with Crippen LogP contribution in [0.5, 0.6) is 5.75 Å². The zero-order valence-corrected chi connectivity index (χ0v) is 10.5. The molecule has 0 aliphatic carbocycles. The van der Waals surface area contributed by atoms with Gasteiger partial charge in [-0.15, -0.1) is 11.6 Å². The van der Waals surface area contributed by atoms with Crippen molar-refractivity contribution in [1.82, 2.24) is 4.90 Å². The molecule has 16 heavy (non-hydrogen) atoms. The van der Waals surface area contributed by atoms with Crippen LogP contribution in [0.4, 0.5) is 0 Å². The highest BCUT2D eigenvalue weighted by Crippen LogP contribution is 2.24. The van der Waals surface area contributed by atoms with Gasteiger partial charge in [-0.05, 0) is 24.6 Å². The third-order valence-electron chi connectivity index (χ3n) is 2.14. The normalized spacial score (nSPS) is 12.0. The van der Waals surface area contributed by atoms with E-state index < -0.39 is 5.38 Å². The topological polar surface area (TPSA) is 29.5 Å². The number of rotatable bonds is 4. The molecule has 88 valence electrons. The standard InChI is InChI=1S/C12H16ClNO2/c1-4-16-10-7-5-9(6-8-10)11(13)12(15)14(2)3/h5-8,11H,4H2,1-3H3. The summed E-state index contributed by atoms with van der Waals surface area (Å²) in [7, 11) is 3.37. The van der Waals surface area contributed by atoms with Gasteiger partial charge in [-0.25, -0.2) is 0 Å². The van der Waals surface area contributed by atoms with Gasteiger partial charge in [0.1, 0.15) is 11.1 Å². The van der Waals surface area contributed by atoms with Crippen LogP contribution in [-0.2, 0) is 4.79 Å². The Morgan fingerprint density at radius 3 is 2.38 bits per heavy atom. The number of ether oxygens (including phenoxy) is 1. The Balaban J connectivity index is 2.77. The smallest absolute Gasteiger partial charge is 0.244 e. The van der Waals surface area contributed by atoms with Crippen molar-refractivity contribution in [3.05, 3.63) is 29.8 Å². The van der Waals surface area contributed by atoms with E-state index in [1.807, 2.05) is 31.2 Å². The van der Waals surface area contributed by atoms with E-state index in [9.17, 15) is 4.79 Å². The van der Waals surface area contributed by atoms with Crippen LogP contribution < -0.4 is 4.74 Å². The largest absolute Gasteiger partial charge is 0.494 e. The molecule has 1 rings (SSSR count). The number of hydrogen-bond donors (Lipinski definition) is 0. The van der Waals surface area contributed by atoms with E-state index in [0.717, 1.165) is 11.3 Å². The molecule has 1 atom stereocenters. The number of alkyl halides is 1. The molecule has 0 saturated heterocycles. The Morgan fingerprint density at radius 2 is 1.94 bits per heavy atom. The molecule has 0 aliphatic rings. The van der Waals surface area contributed by atoms with Gasteiger partial charge in [0.15, 0.2) is 0 Å². The van der Waals surface area contributed by atoms with E-state index >= 15 is 0 Å². The molecular weight excluding hydrogens is 226 g/mol. The second kappa shape index (κ2) is 5.75. The van der Waals surface area contributed by atoms with Crippen LogP contribution in [-0.4, -0.2) is 31.5 Å². The molecular formula is C12H16ClNO2. The summed E-state index contributed by atoms with van der Waals surface area (Å²) in [5.74, 6) is 0.665. The van der Waals surface area contributed by atoms with Crippen molar-refractivity contribution in [2.24, 2.45) is 0 Å². The van der Waals surface area contributed by atoms with E-state index in [-0.39, 0.29) is 5.91 Å². The van der Waals surface area contributed by atoms with Crippen molar-refractivity contribution in [3.8, 4) is 5.75 Å². The average molecular weight is 242 g/mol. The number of nitrogens with zero attached hydrogens (tertiary/aromatic N) is 1. The van der Waals surface area contributed by atoms with Crippen molar-refractivity contribution < 1.29 is 9.53 Å². The maximum Gasteiger partial charge on any atom is 0.244 e. The van der Waals surface area contributed by atoms with Crippen LogP contribution in [0.15, 0.2) is 24.3 Å². The van der Waals surface area contributed by atoms with E-state index in [0.29, 0.717) is 6.61 Å². The van der Waals surface area contributed by atoms with Crippen molar-refractivity contribution in [3.63, 3.8) is 0 Å². The highest BCUT2D eigenvalue weighted by Gasteiger charge is 2.18. The van der Waals surface area contributed by atoms with Gasteiger partial charge in [0, 0.05) is 14.1 Å². The highest BCUT2D eigenvalue weighted by atomic mass is 35.5. The number of likely N-dealkylation sites (N-methyl/N-ethyl adjacent to an activating group) is 1. The van der Waals surface area contributed by atoms with E-state index in [1.54, 1.807) is 14.1 Å². The lowest BCUT2D eigenvalue weighted by molar-refractivity contribution is -0.128. The lowest BCUT2D eigenvalue weighted by atomic mass is 10.1.